The number of carbonyl (C=O) groups is 1. The second kappa shape index (κ2) is 10.3. The number of H-pyrrole nitrogens is 1. The highest BCUT2D eigenvalue weighted by Gasteiger charge is 2.28. The van der Waals surface area contributed by atoms with Crippen LogP contribution in [0.1, 0.15) is 26.0 Å². The highest BCUT2D eigenvalue weighted by atomic mass is 32.1. The Morgan fingerprint density at radius 3 is 2.84 bits per heavy atom. The molecule has 0 atom stereocenters. The molecule has 3 aromatic heterocycles. The van der Waals surface area contributed by atoms with E-state index in [2.05, 4.69) is 67.5 Å². The van der Waals surface area contributed by atoms with Crippen molar-refractivity contribution in [3.8, 4) is 0 Å². The molecule has 2 aliphatic rings. The van der Waals surface area contributed by atoms with Gasteiger partial charge in [-0.1, -0.05) is 6.08 Å². The number of carbonyl (C=O) groups excluding carboxylic acids is 1. The predicted octanol–water partition coefficient (Wildman–Crippen LogP) is 4.22. The average molecular weight is 533 g/mol. The summed E-state index contributed by atoms with van der Waals surface area (Å²) in [6.07, 6.45) is 4.46. The summed E-state index contributed by atoms with van der Waals surface area (Å²) in [6, 6.07) is 8.17. The number of hydrogen-bond donors (Lipinski definition) is 3. The first-order valence-corrected chi connectivity index (χ1v) is 13.8. The number of aromatic nitrogens is 4. The number of urea groups is 1. The number of morpholine rings is 1. The van der Waals surface area contributed by atoms with Crippen molar-refractivity contribution in [2.75, 3.05) is 51.3 Å². The van der Waals surface area contributed by atoms with Gasteiger partial charge in [0.15, 0.2) is 0 Å². The van der Waals surface area contributed by atoms with Crippen molar-refractivity contribution in [1.29, 1.82) is 0 Å². The van der Waals surface area contributed by atoms with E-state index >= 15 is 0 Å². The molecule has 1 aromatic carbocycles. The molecule has 10 nitrogen and oxygen atoms in total. The largest absolute Gasteiger partial charge is 0.379 e. The van der Waals surface area contributed by atoms with Crippen molar-refractivity contribution in [2.45, 2.75) is 25.8 Å². The number of nitrogens with one attached hydrogen (secondary N) is 3. The highest BCUT2D eigenvalue weighted by molar-refractivity contribution is 7.16. The minimum absolute atomic E-state index is 0.0227. The van der Waals surface area contributed by atoms with E-state index in [1.807, 2.05) is 22.5 Å². The number of rotatable bonds is 6. The Labute approximate surface area is 225 Å². The van der Waals surface area contributed by atoms with Gasteiger partial charge in [0.1, 0.15) is 17.8 Å². The SMILES string of the molecule is CC(C)(CN1CCOCC1)NC(=O)N1CC=C(c2cc3c(Nc4ccc5ncsc5c4)ncnc3[nH]2)CC1. The Bertz CT molecular complexity index is 1490. The van der Waals surface area contributed by atoms with Crippen molar-refractivity contribution < 1.29 is 9.53 Å². The van der Waals surface area contributed by atoms with Crippen LogP contribution in [0.25, 0.3) is 26.8 Å². The van der Waals surface area contributed by atoms with Crippen LogP contribution in [-0.4, -0.2) is 87.2 Å². The average Bonchev–Trinajstić information content (AvgIpc) is 3.56. The number of benzene rings is 1. The quantitative estimate of drug-likeness (QED) is 0.341. The first-order chi connectivity index (χ1) is 18.4. The van der Waals surface area contributed by atoms with Crippen LogP contribution in [0.2, 0.25) is 0 Å². The van der Waals surface area contributed by atoms with Gasteiger partial charge in [0.25, 0.3) is 0 Å². The summed E-state index contributed by atoms with van der Waals surface area (Å²) in [4.78, 5) is 34.0. The molecule has 2 amide bonds. The Hall–Kier alpha value is -3.54. The molecule has 0 aliphatic carbocycles. The normalized spacial score (nSPS) is 17.1. The fourth-order valence-electron chi connectivity index (χ4n) is 5.11. The molecule has 5 heterocycles. The Balaban J connectivity index is 1.12. The number of ether oxygens (including phenoxy) is 1. The Morgan fingerprint density at radius 1 is 1.16 bits per heavy atom. The van der Waals surface area contributed by atoms with Gasteiger partial charge >= 0.3 is 6.03 Å². The van der Waals surface area contributed by atoms with E-state index in [-0.39, 0.29) is 11.6 Å². The van der Waals surface area contributed by atoms with Crippen LogP contribution in [0.5, 0.6) is 0 Å². The maximum Gasteiger partial charge on any atom is 0.318 e. The van der Waals surface area contributed by atoms with Crippen LogP contribution >= 0.6 is 11.3 Å². The summed E-state index contributed by atoms with van der Waals surface area (Å²) in [5.74, 6) is 0.751. The maximum absolute atomic E-state index is 13.0. The van der Waals surface area contributed by atoms with Gasteiger partial charge in [0.2, 0.25) is 0 Å². The van der Waals surface area contributed by atoms with Crippen LogP contribution in [0.4, 0.5) is 16.3 Å². The van der Waals surface area contributed by atoms with Crippen LogP contribution in [-0.2, 0) is 4.74 Å². The molecular formula is C27H32N8O2S. The number of aromatic amines is 1. The maximum atomic E-state index is 13.0. The summed E-state index contributed by atoms with van der Waals surface area (Å²) in [5.41, 5.74) is 6.45. The molecule has 3 N–H and O–H groups in total. The minimum Gasteiger partial charge on any atom is -0.379 e. The zero-order valence-corrected chi connectivity index (χ0v) is 22.5. The lowest BCUT2D eigenvalue weighted by Gasteiger charge is -2.37. The van der Waals surface area contributed by atoms with Crippen molar-refractivity contribution in [2.24, 2.45) is 0 Å². The zero-order valence-electron chi connectivity index (χ0n) is 21.7. The van der Waals surface area contributed by atoms with Gasteiger partial charge in [0.05, 0.1) is 34.3 Å². The highest BCUT2D eigenvalue weighted by Crippen LogP contribution is 2.30. The van der Waals surface area contributed by atoms with Crippen LogP contribution in [0.15, 0.2) is 42.2 Å². The Morgan fingerprint density at radius 2 is 2.03 bits per heavy atom. The molecule has 2 aliphatic heterocycles. The molecule has 6 rings (SSSR count). The lowest BCUT2D eigenvalue weighted by molar-refractivity contribution is 0.0276. The van der Waals surface area contributed by atoms with Gasteiger partial charge in [-0.15, -0.1) is 11.3 Å². The van der Waals surface area contributed by atoms with E-state index in [9.17, 15) is 4.79 Å². The number of nitrogens with zero attached hydrogens (tertiary/aromatic N) is 5. The molecule has 0 bridgehead atoms. The second-order valence-electron chi connectivity index (χ2n) is 10.5. The van der Waals surface area contributed by atoms with Crippen LogP contribution < -0.4 is 10.6 Å². The summed E-state index contributed by atoms with van der Waals surface area (Å²) >= 11 is 1.61. The van der Waals surface area contributed by atoms with Crippen molar-refractivity contribution in [3.63, 3.8) is 0 Å². The molecule has 38 heavy (non-hydrogen) atoms. The van der Waals surface area contributed by atoms with E-state index < -0.39 is 0 Å². The number of anilines is 2. The fraction of sp³-hybridized carbons (Fsp3) is 0.407. The fourth-order valence-corrected chi connectivity index (χ4v) is 5.82. The van der Waals surface area contributed by atoms with E-state index in [0.29, 0.717) is 13.1 Å². The second-order valence-corrected chi connectivity index (χ2v) is 11.3. The van der Waals surface area contributed by atoms with Gasteiger partial charge in [-0.05, 0) is 50.1 Å². The number of fused-ring (bicyclic) bond motifs is 2. The Kier molecular flexibility index (Phi) is 6.73. The van der Waals surface area contributed by atoms with Crippen LogP contribution in [0, 0.1) is 0 Å². The molecule has 1 saturated heterocycles. The molecule has 1 fully saturated rings. The molecule has 0 radical (unpaired) electrons. The lowest BCUT2D eigenvalue weighted by atomic mass is 10.0. The predicted molar refractivity (Wildman–Crippen MR) is 151 cm³/mol. The van der Waals surface area contributed by atoms with E-state index in [0.717, 1.165) is 77.7 Å². The topological polar surface area (TPSA) is 111 Å². The zero-order chi connectivity index (χ0) is 26.1. The number of amides is 2. The first kappa shape index (κ1) is 24.8. The third-order valence-corrected chi connectivity index (χ3v) is 7.82. The molecule has 4 aromatic rings. The van der Waals surface area contributed by atoms with Crippen LogP contribution in [0.3, 0.4) is 0 Å². The first-order valence-electron chi connectivity index (χ1n) is 12.9. The minimum atomic E-state index is -0.317. The van der Waals surface area contributed by atoms with E-state index in [1.165, 1.54) is 5.57 Å². The van der Waals surface area contributed by atoms with E-state index in [1.54, 1.807) is 17.7 Å². The standard InChI is InChI=1S/C27H32N8O2S/c1-27(2,15-34-9-11-37-12-10-34)33-26(36)35-7-5-18(6-8-35)22-14-20-24(28-16-29-25(20)32-22)31-19-3-4-21-23(13-19)38-17-30-21/h3-5,13-14,16-17H,6-12,15H2,1-2H3,(H,33,36)(H2,28,29,31,32). The summed E-state index contributed by atoms with van der Waals surface area (Å²) < 4.78 is 6.57. The summed E-state index contributed by atoms with van der Waals surface area (Å²) in [6.45, 7) is 9.51. The molecule has 0 spiro atoms. The lowest BCUT2D eigenvalue weighted by Crippen LogP contribution is -2.56. The smallest absolute Gasteiger partial charge is 0.318 e. The third-order valence-electron chi connectivity index (χ3n) is 7.03. The van der Waals surface area contributed by atoms with Crippen molar-refractivity contribution in [1.82, 2.24) is 35.1 Å². The molecule has 11 heteroatoms. The van der Waals surface area contributed by atoms with Crippen molar-refractivity contribution >= 4 is 55.7 Å². The van der Waals surface area contributed by atoms with Gasteiger partial charge < -0.3 is 25.3 Å². The van der Waals surface area contributed by atoms with E-state index in [4.69, 9.17) is 4.74 Å². The summed E-state index contributed by atoms with van der Waals surface area (Å²) in [7, 11) is 0. The van der Waals surface area contributed by atoms with Gasteiger partial charge in [-0.2, -0.15) is 0 Å². The number of thiazole rings is 1. The third kappa shape index (κ3) is 5.35. The monoisotopic (exact) mass is 532 g/mol. The molecule has 0 unspecified atom stereocenters. The summed E-state index contributed by atoms with van der Waals surface area (Å²) in [5, 5.41) is 7.59. The van der Waals surface area contributed by atoms with Gasteiger partial charge in [0, 0.05) is 49.6 Å². The van der Waals surface area contributed by atoms with Crippen molar-refractivity contribution in [3.05, 3.63) is 47.9 Å². The van der Waals surface area contributed by atoms with Gasteiger partial charge in [-0.25, -0.2) is 19.7 Å². The number of hydrogen-bond acceptors (Lipinski definition) is 8. The van der Waals surface area contributed by atoms with Gasteiger partial charge in [-0.3, -0.25) is 4.90 Å². The molecule has 0 saturated carbocycles. The molecular weight excluding hydrogens is 500 g/mol. The molecule has 198 valence electrons.